The van der Waals surface area contributed by atoms with Crippen LogP contribution in [0.15, 0.2) is 218 Å². The van der Waals surface area contributed by atoms with Crippen LogP contribution in [0.5, 0.6) is 0 Å². The molecule has 0 radical (unpaired) electrons. The molecule has 0 unspecified atom stereocenters. The van der Waals surface area contributed by atoms with Gasteiger partial charge in [0, 0.05) is 42.6 Å². The number of fused-ring (bicyclic) bond motifs is 12. The minimum absolute atomic E-state index is 0.641. The highest BCUT2D eigenvalue weighted by Gasteiger charge is 2.52. The first kappa shape index (κ1) is 35.7. The molecule has 0 saturated heterocycles. The number of anilines is 3. The SMILES string of the molecule is c1ccc(-c2nc(-c3ccccc3)nc(-c3cccc4c3-c3cc(-c5ccc6sc7ccccc7c6c5)ccc3C43c4ccccc4N(c4ccccc4)c4ccccc43)n2)cc1. The van der Waals surface area contributed by atoms with Crippen molar-refractivity contribution in [2.75, 3.05) is 4.90 Å². The zero-order valence-electron chi connectivity index (χ0n) is 34.0. The molecule has 3 heterocycles. The Labute approximate surface area is 369 Å². The number of thiophene rings is 1. The van der Waals surface area contributed by atoms with E-state index in [1.807, 2.05) is 47.7 Å². The molecule has 9 aromatic carbocycles. The molecule has 1 spiro atoms. The fourth-order valence-corrected chi connectivity index (χ4v) is 11.3. The van der Waals surface area contributed by atoms with E-state index in [4.69, 9.17) is 15.0 Å². The maximum atomic E-state index is 5.33. The first-order valence-corrected chi connectivity index (χ1v) is 22.2. The van der Waals surface area contributed by atoms with Gasteiger partial charge in [0.1, 0.15) is 0 Å². The Balaban J connectivity index is 1.12. The normalized spacial score (nSPS) is 13.2. The summed E-state index contributed by atoms with van der Waals surface area (Å²) < 4.78 is 2.60. The molecule has 63 heavy (non-hydrogen) atoms. The zero-order valence-corrected chi connectivity index (χ0v) is 34.8. The second-order valence-corrected chi connectivity index (χ2v) is 17.4. The Hall–Kier alpha value is -7.99. The van der Waals surface area contributed by atoms with Crippen molar-refractivity contribution >= 4 is 48.6 Å². The maximum Gasteiger partial charge on any atom is 0.164 e. The van der Waals surface area contributed by atoms with Crippen molar-refractivity contribution in [1.82, 2.24) is 15.0 Å². The lowest BCUT2D eigenvalue weighted by Crippen LogP contribution is -2.36. The molecule has 1 aliphatic heterocycles. The molecular formula is C58H36N4S. The third-order valence-corrected chi connectivity index (χ3v) is 14.1. The van der Waals surface area contributed by atoms with Crippen molar-refractivity contribution < 1.29 is 0 Å². The fourth-order valence-electron chi connectivity index (χ4n) is 10.3. The molecule has 0 fully saturated rings. The number of para-hydroxylation sites is 3. The van der Waals surface area contributed by atoms with E-state index in [1.54, 1.807) is 0 Å². The van der Waals surface area contributed by atoms with Gasteiger partial charge in [-0.05, 0) is 93.0 Å². The fraction of sp³-hybridized carbons (Fsp3) is 0.0172. The van der Waals surface area contributed by atoms with E-state index in [9.17, 15) is 0 Å². The monoisotopic (exact) mass is 820 g/mol. The number of nitrogens with zero attached hydrogens (tertiary/aromatic N) is 4. The van der Waals surface area contributed by atoms with Crippen LogP contribution >= 0.6 is 11.3 Å². The van der Waals surface area contributed by atoms with E-state index >= 15 is 0 Å². The maximum absolute atomic E-state index is 5.33. The van der Waals surface area contributed by atoms with E-state index in [-0.39, 0.29) is 0 Å². The average Bonchev–Trinajstić information content (AvgIpc) is 3.88. The van der Waals surface area contributed by atoms with Gasteiger partial charge in [-0.15, -0.1) is 11.3 Å². The predicted octanol–water partition coefficient (Wildman–Crippen LogP) is 15.1. The van der Waals surface area contributed by atoms with Crippen molar-refractivity contribution in [2.24, 2.45) is 0 Å². The van der Waals surface area contributed by atoms with Crippen LogP contribution in [0.1, 0.15) is 22.3 Å². The Morgan fingerprint density at radius 1 is 0.349 bits per heavy atom. The third kappa shape index (κ3) is 5.37. The second kappa shape index (κ2) is 14.0. The van der Waals surface area contributed by atoms with Crippen molar-refractivity contribution in [3.8, 4) is 56.4 Å². The molecule has 2 aliphatic rings. The minimum atomic E-state index is -0.650. The molecule has 0 amide bonds. The standard InChI is InChI=1S/C58H36N4S/c1-4-17-37(18-5-1)55-59-56(38-19-6-2-7-20-38)61-57(60-55)43-24-16-27-49-54(43)45-36-39(40-32-34-53-44(35-40)42-23-10-15-30-52(42)63-53)31-33-46(45)58(49)47-25-11-13-28-50(47)62(41-21-8-3-9-22-41)51-29-14-12-26-48(51)58/h1-36H. The molecular weight excluding hydrogens is 785 g/mol. The van der Waals surface area contributed by atoms with Gasteiger partial charge in [0.2, 0.25) is 0 Å². The Morgan fingerprint density at radius 3 is 1.59 bits per heavy atom. The molecule has 0 bridgehead atoms. The summed E-state index contributed by atoms with van der Waals surface area (Å²) in [5.74, 6) is 1.92. The van der Waals surface area contributed by atoms with Crippen LogP contribution in [0.2, 0.25) is 0 Å². The van der Waals surface area contributed by atoms with Crippen LogP contribution in [0, 0.1) is 0 Å². The van der Waals surface area contributed by atoms with Gasteiger partial charge >= 0.3 is 0 Å². The molecule has 13 rings (SSSR count). The minimum Gasteiger partial charge on any atom is -0.310 e. The average molecular weight is 821 g/mol. The molecule has 0 saturated carbocycles. The second-order valence-electron chi connectivity index (χ2n) is 16.3. The van der Waals surface area contributed by atoms with Crippen molar-refractivity contribution in [1.29, 1.82) is 0 Å². The number of hydrogen-bond donors (Lipinski definition) is 0. The number of aromatic nitrogens is 3. The lowest BCUT2D eigenvalue weighted by atomic mass is 9.64. The highest BCUT2D eigenvalue weighted by molar-refractivity contribution is 7.25. The Bertz CT molecular complexity index is 3480. The predicted molar refractivity (Wildman–Crippen MR) is 260 cm³/mol. The van der Waals surface area contributed by atoms with Crippen LogP contribution in [0.4, 0.5) is 17.1 Å². The Morgan fingerprint density at radius 2 is 0.889 bits per heavy atom. The molecule has 294 valence electrons. The molecule has 0 atom stereocenters. The molecule has 2 aromatic heterocycles. The summed E-state index contributed by atoms with van der Waals surface area (Å²) in [6, 6.07) is 78.7. The summed E-state index contributed by atoms with van der Waals surface area (Å²) >= 11 is 1.85. The molecule has 5 heteroatoms. The van der Waals surface area contributed by atoms with Crippen LogP contribution in [-0.2, 0) is 5.41 Å². The van der Waals surface area contributed by atoms with Gasteiger partial charge in [0.05, 0.1) is 16.8 Å². The van der Waals surface area contributed by atoms with Gasteiger partial charge in [-0.3, -0.25) is 0 Å². The highest BCUT2D eigenvalue weighted by atomic mass is 32.1. The zero-order chi connectivity index (χ0) is 41.5. The van der Waals surface area contributed by atoms with E-state index in [1.165, 1.54) is 53.6 Å². The van der Waals surface area contributed by atoms with Gasteiger partial charge in [0.15, 0.2) is 17.5 Å². The van der Waals surface area contributed by atoms with E-state index in [0.717, 1.165) is 44.9 Å². The lowest BCUT2D eigenvalue weighted by molar-refractivity contribution is 0.753. The van der Waals surface area contributed by atoms with Gasteiger partial charge < -0.3 is 4.90 Å². The molecule has 1 aliphatic carbocycles. The van der Waals surface area contributed by atoms with E-state index in [2.05, 4.69) is 187 Å². The van der Waals surface area contributed by atoms with Gasteiger partial charge in [0.25, 0.3) is 0 Å². The van der Waals surface area contributed by atoms with Crippen molar-refractivity contribution in [2.45, 2.75) is 5.41 Å². The van der Waals surface area contributed by atoms with E-state index < -0.39 is 5.41 Å². The van der Waals surface area contributed by atoms with Crippen LogP contribution in [-0.4, -0.2) is 15.0 Å². The largest absolute Gasteiger partial charge is 0.310 e. The van der Waals surface area contributed by atoms with Gasteiger partial charge in [-0.2, -0.15) is 0 Å². The third-order valence-electron chi connectivity index (χ3n) is 12.9. The summed E-state index contributed by atoms with van der Waals surface area (Å²) in [5.41, 5.74) is 15.2. The first-order valence-electron chi connectivity index (χ1n) is 21.4. The summed E-state index contributed by atoms with van der Waals surface area (Å²) in [5, 5.41) is 2.58. The van der Waals surface area contributed by atoms with Crippen LogP contribution in [0.25, 0.3) is 76.6 Å². The number of rotatable bonds is 5. The summed E-state index contributed by atoms with van der Waals surface area (Å²) in [6.45, 7) is 0. The Kier molecular flexibility index (Phi) is 7.96. The smallest absolute Gasteiger partial charge is 0.164 e. The van der Waals surface area contributed by atoms with Gasteiger partial charge in [-0.25, -0.2) is 15.0 Å². The molecule has 4 nitrogen and oxygen atoms in total. The quantitative estimate of drug-likeness (QED) is 0.173. The highest BCUT2D eigenvalue weighted by Crippen LogP contribution is 2.64. The first-order chi connectivity index (χ1) is 31.2. The summed E-state index contributed by atoms with van der Waals surface area (Å²) in [6.07, 6.45) is 0. The van der Waals surface area contributed by atoms with Crippen LogP contribution in [0.3, 0.4) is 0 Å². The number of benzene rings is 9. The van der Waals surface area contributed by atoms with E-state index in [0.29, 0.717) is 17.5 Å². The molecule has 0 N–H and O–H groups in total. The summed E-state index contributed by atoms with van der Waals surface area (Å²) in [7, 11) is 0. The van der Waals surface area contributed by atoms with Gasteiger partial charge in [-0.1, -0.05) is 170 Å². The van der Waals surface area contributed by atoms with Crippen LogP contribution < -0.4 is 4.90 Å². The lowest BCUT2D eigenvalue weighted by Gasteiger charge is -2.45. The molecule has 11 aromatic rings. The summed E-state index contributed by atoms with van der Waals surface area (Å²) in [4.78, 5) is 18.2. The topological polar surface area (TPSA) is 41.9 Å². The van der Waals surface area contributed by atoms with Crippen molar-refractivity contribution in [3.05, 3.63) is 241 Å². The van der Waals surface area contributed by atoms with Crippen molar-refractivity contribution in [3.63, 3.8) is 0 Å². The number of hydrogen-bond acceptors (Lipinski definition) is 5.